The van der Waals surface area contributed by atoms with Crippen molar-refractivity contribution in [2.75, 3.05) is 32.6 Å². The number of pyridine rings is 1. The number of hydrogen-bond acceptors (Lipinski definition) is 9. The van der Waals surface area contributed by atoms with Crippen molar-refractivity contribution in [3.63, 3.8) is 0 Å². The molecular formula is C28H30F2N6O6S2. The molecule has 1 spiro atoms. The third-order valence-corrected chi connectivity index (χ3v) is 12.6. The predicted octanol–water partition coefficient (Wildman–Crippen LogP) is 2.40. The minimum Gasteiger partial charge on any atom is -0.495 e. The van der Waals surface area contributed by atoms with E-state index < -0.39 is 66.1 Å². The average molecular weight is 649 g/mol. The smallest absolute Gasteiger partial charge is 0.274 e. The Labute approximate surface area is 253 Å². The van der Waals surface area contributed by atoms with Gasteiger partial charge in [0.05, 0.1) is 19.1 Å². The van der Waals surface area contributed by atoms with Crippen LogP contribution in [0.5, 0.6) is 5.75 Å². The topological polar surface area (TPSA) is 164 Å². The Hall–Kier alpha value is -4.15. The molecule has 3 heterocycles. The van der Waals surface area contributed by atoms with Crippen LogP contribution in [0.4, 0.5) is 14.5 Å². The van der Waals surface area contributed by atoms with Crippen molar-refractivity contribution in [1.82, 2.24) is 13.6 Å². The molecule has 5 rings (SSSR count). The highest BCUT2D eigenvalue weighted by Crippen LogP contribution is 2.52. The highest BCUT2D eigenvalue weighted by atomic mass is 32.2. The number of benzene rings is 2. The number of anilines is 1. The zero-order chi connectivity index (χ0) is 32.1. The fourth-order valence-electron chi connectivity index (χ4n) is 5.63. The molecule has 44 heavy (non-hydrogen) atoms. The van der Waals surface area contributed by atoms with Gasteiger partial charge in [-0.25, -0.2) is 39.9 Å². The fraction of sp³-hybridized carbons (Fsp3) is 0.321. The highest BCUT2D eigenvalue weighted by molar-refractivity contribution is 7.91. The molecular weight excluding hydrogens is 618 g/mol. The van der Waals surface area contributed by atoms with Crippen LogP contribution in [0.3, 0.4) is 0 Å². The lowest BCUT2D eigenvalue weighted by Gasteiger charge is -2.48. The lowest BCUT2D eigenvalue weighted by Crippen LogP contribution is -2.66. The number of ether oxygens (including phenoxy) is 1. The highest BCUT2D eigenvalue weighted by Gasteiger charge is 2.67. The van der Waals surface area contributed by atoms with Crippen LogP contribution in [0.15, 0.2) is 65.8 Å². The van der Waals surface area contributed by atoms with Gasteiger partial charge in [0.1, 0.15) is 33.4 Å². The van der Waals surface area contributed by atoms with E-state index >= 15 is 4.39 Å². The maximum atomic E-state index is 15.7. The minimum absolute atomic E-state index is 0.0429. The Morgan fingerprint density at radius 3 is 2.48 bits per heavy atom. The molecule has 0 radical (unpaired) electrons. The second-order valence-corrected chi connectivity index (χ2v) is 15.0. The maximum Gasteiger partial charge on any atom is 0.274 e. The van der Waals surface area contributed by atoms with E-state index in [0.29, 0.717) is 11.3 Å². The molecule has 0 unspecified atom stereocenters. The number of rotatable bonds is 7. The quantitative estimate of drug-likeness (QED) is 0.394. The predicted molar refractivity (Wildman–Crippen MR) is 159 cm³/mol. The van der Waals surface area contributed by atoms with Crippen molar-refractivity contribution >= 4 is 37.6 Å². The first kappa shape index (κ1) is 31.3. The minimum atomic E-state index is -4.43. The molecule has 2 aliphatic rings. The van der Waals surface area contributed by atoms with Gasteiger partial charge >= 0.3 is 0 Å². The molecule has 0 bridgehead atoms. The molecule has 1 fully saturated rings. The SMILES string of the molecule is COc1ccc(C(=O)Nc2ccc(F)c([C@@]3(C)N=C(N)N(C)S(=O)(=O)[C@@]34CCN(S(=O)(=O)Cc3ccc(F)cc3)C4)c2)nc1. The molecule has 3 aromatic rings. The van der Waals surface area contributed by atoms with Crippen molar-refractivity contribution in [2.45, 2.75) is 29.4 Å². The molecule has 1 aromatic heterocycles. The van der Waals surface area contributed by atoms with Crippen molar-refractivity contribution in [1.29, 1.82) is 0 Å². The van der Waals surface area contributed by atoms with Gasteiger partial charge in [0.2, 0.25) is 26.0 Å². The van der Waals surface area contributed by atoms with E-state index in [1.807, 2.05) is 0 Å². The number of carbonyl (C=O) groups is 1. The molecule has 2 aliphatic heterocycles. The van der Waals surface area contributed by atoms with E-state index in [-0.39, 0.29) is 29.9 Å². The van der Waals surface area contributed by atoms with Crippen LogP contribution in [0.2, 0.25) is 0 Å². The third-order valence-electron chi connectivity index (χ3n) is 8.21. The van der Waals surface area contributed by atoms with Crippen LogP contribution < -0.4 is 15.8 Å². The van der Waals surface area contributed by atoms with Gasteiger partial charge in [-0.05, 0) is 61.4 Å². The number of guanidine groups is 1. The number of sulfonamides is 2. The summed E-state index contributed by atoms with van der Waals surface area (Å²) in [6, 6.07) is 11.5. The number of nitrogens with zero attached hydrogens (tertiary/aromatic N) is 4. The molecule has 2 aromatic carbocycles. The Kier molecular flexibility index (Phi) is 7.88. The number of nitrogens with one attached hydrogen (secondary N) is 1. The van der Waals surface area contributed by atoms with Gasteiger partial charge in [-0.1, -0.05) is 12.1 Å². The summed E-state index contributed by atoms with van der Waals surface area (Å²) >= 11 is 0. The fourth-order valence-corrected chi connectivity index (χ4v) is 9.43. The van der Waals surface area contributed by atoms with Gasteiger partial charge < -0.3 is 15.8 Å². The standard InChI is InChI=1S/C28H30F2N6O6S2/c1-27(22-14-20(8-10-23(22)30)33-25(37)24-11-9-21(42-3)15-32-24)28(44(40,41)35(2)26(31)34-27)12-13-36(17-28)43(38,39)16-18-4-6-19(29)7-5-18/h4-11,14-15H,12-13,16-17H2,1-3H3,(H2,31,34)(H,33,37)/t27-,28-/m1/s1. The van der Waals surface area contributed by atoms with E-state index in [1.165, 1.54) is 57.6 Å². The number of aromatic nitrogens is 1. The van der Waals surface area contributed by atoms with Crippen LogP contribution in [0, 0.1) is 11.6 Å². The van der Waals surface area contributed by atoms with Crippen molar-refractivity contribution in [3.05, 3.63) is 89.2 Å². The Morgan fingerprint density at radius 1 is 1.14 bits per heavy atom. The van der Waals surface area contributed by atoms with Crippen LogP contribution in [-0.2, 0) is 31.3 Å². The lowest BCUT2D eigenvalue weighted by molar-refractivity contribution is 0.102. The van der Waals surface area contributed by atoms with E-state index in [0.717, 1.165) is 26.8 Å². The first-order valence-electron chi connectivity index (χ1n) is 13.3. The summed E-state index contributed by atoms with van der Waals surface area (Å²) in [4.78, 5) is 21.4. The first-order chi connectivity index (χ1) is 20.6. The second-order valence-electron chi connectivity index (χ2n) is 10.7. The first-order valence-corrected chi connectivity index (χ1v) is 16.4. The van der Waals surface area contributed by atoms with E-state index in [1.54, 1.807) is 6.07 Å². The summed E-state index contributed by atoms with van der Waals surface area (Å²) in [5.74, 6) is -2.47. The molecule has 16 heteroatoms. The van der Waals surface area contributed by atoms with Crippen LogP contribution in [0.25, 0.3) is 0 Å². The Balaban J connectivity index is 1.54. The molecule has 1 amide bonds. The van der Waals surface area contributed by atoms with Crippen LogP contribution in [0.1, 0.15) is 35.0 Å². The van der Waals surface area contributed by atoms with Crippen molar-refractivity contribution in [3.8, 4) is 5.75 Å². The zero-order valence-electron chi connectivity index (χ0n) is 24.0. The summed E-state index contributed by atoms with van der Waals surface area (Å²) in [5, 5.41) is 2.62. The van der Waals surface area contributed by atoms with Gasteiger partial charge in [0.25, 0.3) is 5.91 Å². The normalized spacial score (nSPS) is 23.4. The van der Waals surface area contributed by atoms with E-state index in [9.17, 15) is 26.0 Å². The molecule has 12 nitrogen and oxygen atoms in total. The molecule has 1 saturated heterocycles. The summed E-state index contributed by atoms with van der Waals surface area (Å²) in [6.07, 6.45) is 1.12. The van der Waals surface area contributed by atoms with Crippen molar-refractivity contribution in [2.24, 2.45) is 10.7 Å². The second kappa shape index (κ2) is 11.1. The van der Waals surface area contributed by atoms with E-state index in [2.05, 4.69) is 15.3 Å². The molecule has 234 valence electrons. The summed E-state index contributed by atoms with van der Waals surface area (Å²) in [7, 11) is -5.89. The third kappa shape index (κ3) is 5.16. The van der Waals surface area contributed by atoms with Crippen LogP contribution >= 0.6 is 0 Å². The number of amides is 1. The maximum absolute atomic E-state index is 15.7. The number of halogens is 2. The molecule has 0 saturated carbocycles. The average Bonchev–Trinajstić information content (AvgIpc) is 3.47. The number of hydrogen-bond donors (Lipinski definition) is 2. The molecule has 3 N–H and O–H groups in total. The zero-order valence-corrected chi connectivity index (χ0v) is 25.6. The molecule has 0 aliphatic carbocycles. The van der Waals surface area contributed by atoms with E-state index in [4.69, 9.17) is 10.5 Å². The van der Waals surface area contributed by atoms with Crippen molar-refractivity contribution < 1.29 is 35.1 Å². The number of methoxy groups -OCH3 is 1. The Morgan fingerprint density at radius 2 is 1.84 bits per heavy atom. The number of carbonyl (C=O) groups excluding carboxylic acids is 1. The van der Waals surface area contributed by atoms with Gasteiger partial charge in [0.15, 0.2) is 0 Å². The monoisotopic (exact) mass is 648 g/mol. The Bertz CT molecular complexity index is 1860. The molecule has 2 atom stereocenters. The van der Waals surface area contributed by atoms with Gasteiger partial charge in [-0.2, -0.15) is 4.31 Å². The number of aliphatic imine (C=N–C) groups is 1. The summed E-state index contributed by atoms with van der Waals surface area (Å²) < 4.78 is 89.1. The summed E-state index contributed by atoms with van der Waals surface area (Å²) in [6.45, 7) is 0.626. The largest absolute Gasteiger partial charge is 0.495 e. The van der Waals surface area contributed by atoms with Gasteiger partial charge in [0, 0.05) is 31.4 Å². The van der Waals surface area contributed by atoms with Gasteiger partial charge in [-0.15, -0.1) is 0 Å². The lowest BCUT2D eigenvalue weighted by atomic mass is 9.78. The number of nitrogens with two attached hydrogens (primary N) is 1. The van der Waals surface area contributed by atoms with Crippen LogP contribution in [-0.4, -0.2) is 74.3 Å². The van der Waals surface area contributed by atoms with Gasteiger partial charge in [-0.3, -0.25) is 4.79 Å². The summed E-state index contributed by atoms with van der Waals surface area (Å²) in [5.41, 5.74) is 4.37.